The zero-order valence-electron chi connectivity index (χ0n) is 13.6. The number of piperidine rings is 1. The van der Waals surface area contributed by atoms with E-state index in [9.17, 15) is 9.59 Å². The molecule has 1 aromatic rings. The average molecular weight is 321 g/mol. The van der Waals surface area contributed by atoms with Gasteiger partial charge in [0.25, 0.3) is 5.91 Å². The van der Waals surface area contributed by atoms with Gasteiger partial charge in [0.2, 0.25) is 0 Å². The van der Waals surface area contributed by atoms with Gasteiger partial charge in [0.1, 0.15) is 11.5 Å². The van der Waals surface area contributed by atoms with Crippen molar-refractivity contribution in [1.82, 2.24) is 4.90 Å². The molecule has 0 spiro atoms. The smallest absolute Gasteiger partial charge is 0.308 e. The quantitative estimate of drug-likeness (QED) is 0.871. The number of benzene rings is 1. The van der Waals surface area contributed by atoms with Crippen molar-refractivity contribution < 1.29 is 24.2 Å². The monoisotopic (exact) mass is 321 g/mol. The molecule has 0 aliphatic carbocycles. The molecule has 6 nitrogen and oxygen atoms in total. The predicted octanol–water partition coefficient (Wildman–Crippen LogP) is 2.42. The van der Waals surface area contributed by atoms with Gasteiger partial charge >= 0.3 is 5.97 Å². The summed E-state index contributed by atoms with van der Waals surface area (Å²) >= 11 is 0. The van der Waals surface area contributed by atoms with E-state index in [1.807, 2.05) is 6.92 Å². The van der Waals surface area contributed by atoms with Crippen LogP contribution in [0.4, 0.5) is 0 Å². The third kappa shape index (κ3) is 4.15. The first kappa shape index (κ1) is 17.1. The molecule has 23 heavy (non-hydrogen) atoms. The van der Waals surface area contributed by atoms with E-state index in [1.165, 1.54) is 0 Å². The van der Waals surface area contributed by atoms with Crippen LogP contribution < -0.4 is 9.47 Å². The Morgan fingerprint density at radius 1 is 1.39 bits per heavy atom. The topological polar surface area (TPSA) is 76.1 Å². The van der Waals surface area contributed by atoms with Crippen molar-refractivity contribution in [1.29, 1.82) is 0 Å². The Labute approximate surface area is 136 Å². The van der Waals surface area contributed by atoms with Gasteiger partial charge in [-0.05, 0) is 31.4 Å². The van der Waals surface area contributed by atoms with Crippen LogP contribution in [0.2, 0.25) is 0 Å². The number of likely N-dealkylation sites (tertiary alicyclic amines) is 1. The minimum atomic E-state index is -0.848. The van der Waals surface area contributed by atoms with Crippen LogP contribution in [0.5, 0.6) is 11.5 Å². The maximum atomic E-state index is 12.8. The molecule has 126 valence electrons. The van der Waals surface area contributed by atoms with Crippen molar-refractivity contribution in [2.45, 2.75) is 26.2 Å². The number of methoxy groups -OCH3 is 1. The number of rotatable bonds is 6. The predicted molar refractivity (Wildman–Crippen MR) is 85.0 cm³/mol. The lowest BCUT2D eigenvalue weighted by Crippen LogP contribution is -2.42. The molecule has 0 aromatic heterocycles. The van der Waals surface area contributed by atoms with Gasteiger partial charge in [0, 0.05) is 19.2 Å². The third-order valence-electron chi connectivity index (χ3n) is 3.94. The van der Waals surface area contributed by atoms with Crippen LogP contribution in [-0.2, 0) is 4.79 Å². The van der Waals surface area contributed by atoms with E-state index < -0.39 is 11.9 Å². The van der Waals surface area contributed by atoms with Crippen LogP contribution in [0.25, 0.3) is 0 Å². The summed E-state index contributed by atoms with van der Waals surface area (Å²) in [6.07, 6.45) is 2.14. The number of carboxylic acids is 1. The number of ether oxygens (including phenoxy) is 2. The minimum absolute atomic E-state index is 0.190. The van der Waals surface area contributed by atoms with Crippen LogP contribution in [0.1, 0.15) is 36.5 Å². The second-order valence-corrected chi connectivity index (χ2v) is 5.64. The van der Waals surface area contributed by atoms with E-state index in [0.717, 1.165) is 6.42 Å². The normalized spacial score (nSPS) is 17.7. The minimum Gasteiger partial charge on any atom is -0.497 e. The Bertz CT molecular complexity index is 572. The van der Waals surface area contributed by atoms with Crippen LogP contribution >= 0.6 is 0 Å². The molecule has 1 aliphatic heterocycles. The molecule has 1 saturated heterocycles. The van der Waals surface area contributed by atoms with Crippen molar-refractivity contribution in [3.05, 3.63) is 23.8 Å². The summed E-state index contributed by atoms with van der Waals surface area (Å²) in [4.78, 5) is 25.5. The summed E-state index contributed by atoms with van der Waals surface area (Å²) in [6, 6.07) is 5.09. The van der Waals surface area contributed by atoms with Crippen molar-refractivity contribution in [2.24, 2.45) is 5.92 Å². The van der Waals surface area contributed by atoms with E-state index in [1.54, 1.807) is 30.2 Å². The Kier molecular flexibility index (Phi) is 5.84. The fraction of sp³-hybridized carbons (Fsp3) is 0.529. The number of amides is 1. The summed E-state index contributed by atoms with van der Waals surface area (Å²) in [7, 11) is 1.56. The Morgan fingerprint density at radius 3 is 2.83 bits per heavy atom. The van der Waals surface area contributed by atoms with Crippen LogP contribution in [0.3, 0.4) is 0 Å². The maximum Gasteiger partial charge on any atom is 0.308 e. The third-order valence-corrected chi connectivity index (χ3v) is 3.94. The first-order valence-corrected chi connectivity index (χ1v) is 7.89. The average Bonchev–Trinajstić information content (AvgIpc) is 2.59. The van der Waals surface area contributed by atoms with Crippen LogP contribution in [0, 0.1) is 5.92 Å². The van der Waals surface area contributed by atoms with Gasteiger partial charge < -0.3 is 19.5 Å². The molecule has 1 atom stereocenters. The maximum absolute atomic E-state index is 12.8. The number of carbonyl (C=O) groups excluding carboxylic acids is 1. The molecule has 2 rings (SSSR count). The summed E-state index contributed by atoms with van der Waals surface area (Å²) < 4.78 is 10.9. The zero-order valence-corrected chi connectivity index (χ0v) is 13.6. The van der Waals surface area contributed by atoms with Gasteiger partial charge in [-0.2, -0.15) is 0 Å². The molecule has 1 fully saturated rings. The Hall–Kier alpha value is -2.24. The lowest BCUT2D eigenvalue weighted by atomic mass is 9.97. The Morgan fingerprint density at radius 2 is 2.17 bits per heavy atom. The molecule has 6 heteroatoms. The molecular weight excluding hydrogens is 298 g/mol. The summed E-state index contributed by atoms with van der Waals surface area (Å²) in [6.45, 7) is 3.31. The second kappa shape index (κ2) is 7.85. The zero-order chi connectivity index (χ0) is 16.8. The van der Waals surface area contributed by atoms with Crippen molar-refractivity contribution >= 4 is 11.9 Å². The highest BCUT2D eigenvalue weighted by molar-refractivity contribution is 5.97. The van der Waals surface area contributed by atoms with E-state index in [4.69, 9.17) is 14.6 Å². The highest BCUT2D eigenvalue weighted by Crippen LogP contribution is 2.28. The number of carbonyl (C=O) groups is 2. The van der Waals surface area contributed by atoms with Gasteiger partial charge in [-0.25, -0.2) is 0 Å². The fourth-order valence-electron chi connectivity index (χ4n) is 2.67. The SMILES string of the molecule is CCCOc1cc(OC)ccc1C(=O)N1CCCC(C(=O)O)C1. The summed E-state index contributed by atoms with van der Waals surface area (Å²) in [5.41, 5.74) is 0.449. The van der Waals surface area contributed by atoms with E-state index in [2.05, 4.69) is 0 Å². The molecule has 0 radical (unpaired) electrons. The summed E-state index contributed by atoms with van der Waals surface area (Å²) in [5.74, 6) is -0.432. The lowest BCUT2D eigenvalue weighted by Gasteiger charge is -2.31. The van der Waals surface area contributed by atoms with E-state index in [0.29, 0.717) is 43.1 Å². The van der Waals surface area contributed by atoms with Crippen molar-refractivity contribution in [3.8, 4) is 11.5 Å². The van der Waals surface area contributed by atoms with Crippen LogP contribution in [0.15, 0.2) is 18.2 Å². The highest BCUT2D eigenvalue weighted by Gasteiger charge is 2.29. The fourth-order valence-corrected chi connectivity index (χ4v) is 2.67. The van der Waals surface area contributed by atoms with Gasteiger partial charge in [0.05, 0.1) is 25.2 Å². The molecule has 1 heterocycles. The molecule has 1 aliphatic rings. The standard InChI is InChI=1S/C17H23NO5/c1-3-9-23-15-10-13(22-2)6-7-14(15)16(19)18-8-4-5-12(11-18)17(20)21/h6-7,10,12H,3-5,8-9,11H2,1-2H3,(H,20,21). The van der Waals surface area contributed by atoms with Crippen molar-refractivity contribution in [2.75, 3.05) is 26.8 Å². The largest absolute Gasteiger partial charge is 0.497 e. The van der Waals surface area contributed by atoms with Gasteiger partial charge in [-0.15, -0.1) is 0 Å². The lowest BCUT2D eigenvalue weighted by molar-refractivity contribution is -0.143. The second-order valence-electron chi connectivity index (χ2n) is 5.64. The first-order valence-electron chi connectivity index (χ1n) is 7.89. The van der Waals surface area contributed by atoms with Crippen molar-refractivity contribution in [3.63, 3.8) is 0 Å². The van der Waals surface area contributed by atoms with E-state index >= 15 is 0 Å². The molecule has 1 unspecified atom stereocenters. The molecule has 0 bridgehead atoms. The number of carboxylic acid groups (broad SMARTS) is 1. The highest BCUT2D eigenvalue weighted by atomic mass is 16.5. The molecule has 1 aromatic carbocycles. The number of nitrogens with zero attached hydrogens (tertiary/aromatic N) is 1. The number of hydrogen-bond acceptors (Lipinski definition) is 4. The van der Waals surface area contributed by atoms with Gasteiger partial charge in [-0.3, -0.25) is 9.59 Å². The first-order chi connectivity index (χ1) is 11.1. The van der Waals surface area contributed by atoms with E-state index in [-0.39, 0.29) is 12.5 Å². The molecule has 1 N–H and O–H groups in total. The van der Waals surface area contributed by atoms with Crippen LogP contribution in [-0.4, -0.2) is 48.7 Å². The van der Waals surface area contributed by atoms with Gasteiger partial charge in [0.15, 0.2) is 0 Å². The summed E-state index contributed by atoms with van der Waals surface area (Å²) in [5, 5.41) is 9.17. The number of hydrogen-bond donors (Lipinski definition) is 1. The van der Waals surface area contributed by atoms with Gasteiger partial charge in [-0.1, -0.05) is 6.92 Å². The molecule has 0 saturated carbocycles. The molecule has 1 amide bonds. The molecular formula is C17H23NO5. The Balaban J connectivity index is 2.21. The number of aliphatic carboxylic acids is 1.